The van der Waals surface area contributed by atoms with E-state index in [4.69, 9.17) is 9.62 Å². The molecule has 0 aliphatic carbocycles. The third-order valence-electron chi connectivity index (χ3n) is 3.45. The molecule has 3 amide bonds. The van der Waals surface area contributed by atoms with Crippen molar-refractivity contribution in [2.45, 2.75) is 27.7 Å². The van der Waals surface area contributed by atoms with Crippen molar-refractivity contribution in [3.63, 3.8) is 0 Å². The molecule has 0 aliphatic rings. The van der Waals surface area contributed by atoms with Crippen LogP contribution in [-0.4, -0.2) is 79.0 Å². The Morgan fingerprint density at radius 3 is 1.93 bits per heavy atom. The van der Waals surface area contributed by atoms with E-state index in [-0.39, 0.29) is 18.5 Å². The van der Waals surface area contributed by atoms with Gasteiger partial charge in [-0.15, -0.1) is 0 Å². The summed E-state index contributed by atoms with van der Waals surface area (Å²) in [6.45, 7) is 7.36. The molecule has 0 N–H and O–H groups in total. The number of hydrogen-bond donors (Lipinski definition) is 0. The number of hydrogen-bond acceptors (Lipinski definition) is 8. The van der Waals surface area contributed by atoms with Crippen molar-refractivity contribution < 1.29 is 28.9 Å². The molecule has 1 aromatic rings. The minimum Gasteiger partial charge on any atom is -0.449 e. The highest BCUT2D eigenvalue weighted by Gasteiger charge is 2.18. The van der Waals surface area contributed by atoms with Crippen molar-refractivity contribution in [2.24, 2.45) is 0 Å². The normalized spacial score (nSPS) is 9.93. The highest BCUT2D eigenvalue weighted by atomic mass is 17.2. The number of pyridine rings is 1. The van der Waals surface area contributed by atoms with E-state index in [1.54, 1.807) is 52.6 Å². The summed E-state index contributed by atoms with van der Waals surface area (Å²) < 4.78 is 4.78. The zero-order chi connectivity index (χ0) is 22.4. The number of anilines is 1. The van der Waals surface area contributed by atoms with Crippen LogP contribution in [0.25, 0.3) is 0 Å². The van der Waals surface area contributed by atoms with Crippen molar-refractivity contribution in [1.82, 2.24) is 20.0 Å². The average Bonchev–Trinajstić information content (AvgIpc) is 2.68. The van der Waals surface area contributed by atoms with Gasteiger partial charge in [0.2, 0.25) is 11.8 Å². The van der Waals surface area contributed by atoms with E-state index >= 15 is 0 Å². The van der Waals surface area contributed by atoms with Crippen LogP contribution >= 0.6 is 0 Å². The maximum Gasteiger partial charge on any atom is 0.424 e. The molecule has 0 saturated heterocycles. The zero-order valence-electron chi connectivity index (χ0n) is 18.1. The molecule has 164 valence electrons. The van der Waals surface area contributed by atoms with Crippen LogP contribution in [-0.2, 0) is 24.1 Å². The molecule has 11 nitrogen and oxygen atoms in total. The Bertz CT molecular complexity index is 630. The maximum atomic E-state index is 11.4. The Labute approximate surface area is 171 Å². The minimum atomic E-state index is -0.421. The second kappa shape index (κ2) is 14.3. The molecule has 1 heterocycles. The van der Waals surface area contributed by atoms with Crippen LogP contribution in [0.2, 0.25) is 0 Å². The van der Waals surface area contributed by atoms with Crippen molar-refractivity contribution in [3.05, 3.63) is 24.5 Å². The fourth-order valence-corrected chi connectivity index (χ4v) is 1.83. The minimum absolute atomic E-state index is 0.170. The molecule has 0 aromatic carbocycles. The van der Waals surface area contributed by atoms with Crippen LogP contribution in [0.5, 0.6) is 0 Å². The van der Waals surface area contributed by atoms with E-state index in [9.17, 15) is 14.4 Å². The van der Waals surface area contributed by atoms with Gasteiger partial charge < -0.3 is 4.74 Å². The first-order valence-electron chi connectivity index (χ1n) is 8.98. The lowest BCUT2D eigenvalue weighted by Gasteiger charge is -2.29. The molecule has 0 aliphatic heterocycles. The van der Waals surface area contributed by atoms with Crippen molar-refractivity contribution in [2.75, 3.05) is 46.1 Å². The zero-order valence-corrected chi connectivity index (χ0v) is 18.1. The van der Waals surface area contributed by atoms with Crippen LogP contribution in [0.1, 0.15) is 27.7 Å². The number of nitrogens with zero attached hydrogens (tertiary/aromatic N) is 5. The van der Waals surface area contributed by atoms with E-state index in [0.717, 1.165) is 0 Å². The van der Waals surface area contributed by atoms with Gasteiger partial charge in [0, 0.05) is 47.4 Å². The molecule has 0 atom stereocenters. The monoisotopic (exact) mass is 413 g/mol. The fourth-order valence-electron chi connectivity index (χ4n) is 1.83. The molecule has 1 rings (SSSR count). The van der Waals surface area contributed by atoms with E-state index in [1.807, 2.05) is 6.92 Å². The summed E-state index contributed by atoms with van der Waals surface area (Å²) in [6.07, 6.45) is 2.72. The van der Waals surface area contributed by atoms with Gasteiger partial charge >= 0.3 is 6.09 Å². The Kier molecular flexibility index (Phi) is 12.9. The predicted octanol–water partition coefficient (Wildman–Crippen LogP) is 1.67. The van der Waals surface area contributed by atoms with E-state index in [1.165, 1.54) is 33.9 Å². The molecule has 11 heteroatoms. The lowest BCUT2D eigenvalue weighted by atomic mass is 10.4. The van der Waals surface area contributed by atoms with Crippen molar-refractivity contribution in [1.29, 1.82) is 0 Å². The molecule has 0 fully saturated rings. The molecule has 0 spiro atoms. The molecule has 29 heavy (non-hydrogen) atoms. The topological polar surface area (TPSA) is 105 Å². The quantitative estimate of drug-likeness (QED) is 0.288. The van der Waals surface area contributed by atoms with Gasteiger partial charge in [0.25, 0.3) is 0 Å². The van der Waals surface area contributed by atoms with Gasteiger partial charge in [0.15, 0.2) is 6.73 Å². The number of ether oxygens (including phenoxy) is 1. The summed E-state index contributed by atoms with van der Waals surface area (Å²) in [5.41, 5.74) is 0.621. The largest absolute Gasteiger partial charge is 0.449 e. The predicted molar refractivity (Wildman–Crippen MR) is 106 cm³/mol. The standard InChI is InChI=1S/C10H13N3O2.C8H18N2O4/c1-8(14)12(3)13(9(2)15)10-4-6-11-7-5-10;1-5-12-8(11)10(4)9(3)7-14-13-6-2/h4-7H,1-3H3;5-7H2,1-4H3. The van der Waals surface area contributed by atoms with Crippen LogP contribution in [0, 0.1) is 0 Å². The van der Waals surface area contributed by atoms with E-state index in [2.05, 4.69) is 9.87 Å². The van der Waals surface area contributed by atoms with Gasteiger partial charge in [-0.05, 0) is 26.0 Å². The summed E-state index contributed by atoms with van der Waals surface area (Å²) in [4.78, 5) is 47.1. The van der Waals surface area contributed by atoms with Crippen LogP contribution in [0.15, 0.2) is 24.5 Å². The molecule has 0 bridgehead atoms. The van der Waals surface area contributed by atoms with E-state index in [0.29, 0.717) is 18.9 Å². The first-order valence-corrected chi connectivity index (χ1v) is 8.98. The first kappa shape index (κ1) is 26.2. The van der Waals surface area contributed by atoms with Gasteiger partial charge in [-0.2, -0.15) is 5.01 Å². The average molecular weight is 413 g/mol. The SMILES string of the molecule is CC(=O)N(C)N(C(C)=O)c1ccncc1.CCOOCN(C)N(C)C(=O)OCC. The summed E-state index contributed by atoms with van der Waals surface area (Å²) in [5.74, 6) is -0.430. The molecule has 0 unspecified atom stereocenters. The second-order valence-corrected chi connectivity index (χ2v) is 5.61. The number of carbonyl (C=O) groups is 3. The smallest absolute Gasteiger partial charge is 0.424 e. The maximum absolute atomic E-state index is 11.4. The molecule has 0 radical (unpaired) electrons. The summed E-state index contributed by atoms with van der Waals surface area (Å²) in [6, 6.07) is 3.34. The van der Waals surface area contributed by atoms with Gasteiger partial charge in [-0.1, -0.05) is 0 Å². The first-order chi connectivity index (χ1) is 13.7. The summed E-state index contributed by atoms with van der Waals surface area (Å²) >= 11 is 0. The van der Waals surface area contributed by atoms with Crippen LogP contribution in [0.3, 0.4) is 0 Å². The summed E-state index contributed by atoms with van der Waals surface area (Å²) in [5, 5.41) is 5.40. The lowest BCUT2D eigenvalue weighted by Crippen LogP contribution is -2.45. The van der Waals surface area contributed by atoms with Crippen molar-refractivity contribution >= 4 is 23.6 Å². The van der Waals surface area contributed by atoms with Crippen LogP contribution < -0.4 is 5.01 Å². The molecular weight excluding hydrogens is 382 g/mol. The Morgan fingerprint density at radius 2 is 1.48 bits per heavy atom. The van der Waals surface area contributed by atoms with Gasteiger partial charge in [-0.25, -0.2) is 24.6 Å². The number of rotatable bonds is 7. The van der Waals surface area contributed by atoms with Crippen LogP contribution in [0.4, 0.5) is 10.5 Å². The lowest BCUT2D eigenvalue weighted by molar-refractivity contribution is -0.322. The molecule has 0 saturated carbocycles. The Balaban J connectivity index is 0.000000543. The molecular formula is C18H31N5O6. The highest BCUT2D eigenvalue weighted by molar-refractivity contribution is 5.94. The number of aromatic nitrogens is 1. The number of hydrazine groups is 2. The van der Waals surface area contributed by atoms with Gasteiger partial charge in [0.05, 0.1) is 18.9 Å². The Hall–Kier alpha value is -2.76. The number of carbonyl (C=O) groups excluding carboxylic acids is 3. The third-order valence-corrected chi connectivity index (χ3v) is 3.45. The summed E-state index contributed by atoms with van der Waals surface area (Å²) in [7, 11) is 4.83. The van der Waals surface area contributed by atoms with Crippen molar-refractivity contribution in [3.8, 4) is 0 Å². The molecule has 1 aromatic heterocycles. The van der Waals surface area contributed by atoms with Gasteiger partial charge in [0.1, 0.15) is 0 Å². The third kappa shape index (κ3) is 9.83. The number of amides is 3. The van der Waals surface area contributed by atoms with E-state index < -0.39 is 6.09 Å². The fraction of sp³-hybridized carbons (Fsp3) is 0.556. The Morgan fingerprint density at radius 1 is 0.897 bits per heavy atom. The second-order valence-electron chi connectivity index (χ2n) is 5.61. The highest BCUT2D eigenvalue weighted by Crippen LogP contribution is 2.14. The van der Waals surface area contributed by atoms with Gasteiger partial charge in [-0.3, -0.25) is 19.6 Å².